The number of benzene rings is 2. The van der Waals surface area contributed by atoms with Gasteiger partial charge in [0.2, 0.25) is 17.6 Å². The monoisotopic (exact) mass is 344 g/mol. The lowest BCUT2D eigenvalue weighted by Gasteiger charge is -2.15. The molecular formula is C18H20N2O5. The van der Waals surface area contributed by atoms with Gasteiger partial charge in [0.1, 0.15) is 0 Å². The highest BCUT2D eigenvalue weighted by molar-refractivity contribution is 5.95. The van der Waals surface area contributed by atoms with Gasteiger partial charge in [-0.1, -0.05) is 6.07 Å². The summed E-state index contributed by atoms with van der Waals surface area (Å²) in [5.41, 5.74) is 6.79. The summed E-state index contributed by atoms with van der Waals surface area (Å²) in [6.07, 6.45) is 0.0844. The predicted octanol–water partition coefficient (Wildman–Crippen LogP) is 1.99. The molecule has 0 saturated heterocycles. The summed E-state index contributed by atoms with van der Waals surface area (Å²) in [5.74, 6) is 0.637. The summed E-state index contributed by atoms with van der Waals surface area (Å²) in [4.78, 5) is 23.4. The zero-order chi connectivity index (χ0) is 18.4. The Morgan fingerprint density at radius 3 is 2.08 bits per heavy atom. The lowest BCUT2D eigenvalue weighted by atomic mass is 10.1. The van der Waals surface area contributed by atoms with Crippen molar-refractivity contribution < 1.29 is 23.8 Å². The zero-order valence-corrected chi connectivity index (χ0v) is 14.3. The minimum absolute atomic E-state index is 0.0844. The minimum atomic E-state index is -0.520. The standard InChI is InChI=1S/C18H20N2O5/c1-23-14-9-6-12(16(24-2)17(14)25-3)10-15(21)20-13-7-4-11(5-8-13)18(19)22/h4-9H,10H2,1-3H3,(H2,19,22)(H,20,21). The fraction of sp³-hybridized carbons (Fsp3) is 0.222. The van der Waals surface area contributed by atoms with Gasteiger partial charge < -0.3 is 25.3 Å². The van der Waals surface area contributed by atoms with Crippen molar-refractivity contribution in [3.05, 3.63) is 47.5 Å². The van der Waals surface area contributed by atoms with E-state index in [0.29, 0.717) is 34.1 Å². The minimum Gasteiger partial charge on any atom is -0.493 e. The topological polar surface area (TPSA) is 99.9 Å². The van der Waals surface area contributed by atoms with Crippen LogP contribution in [-0.4, -0.2) is 33.1 Å². The van der Waals surface area contributed by atoms with Crippen LogP contribution in [-0.2, 0) is 11.2 Å². The number of rotatable bonds is 7. The number of methoxy groups -OCH3 is 3. The number of hydrogen-bond donors (Lipinski definition) is 2. The average molecular weight is 344 g/mol. The van der Waals surface area contributed by atoms with Gasteiger partial charge >= 0.3 is 0 Å². The number of primary amides is 1. The van der Waals surface area contributed by atoms with Crippen molar-refractivity contribution in [3.63, 3.8) is 0 Å². The van der Waals surface area contributed by atoms with Crippen LogP contribution in [0.5, 0.6) is 17.2 Å². The number of amides is 2. The van der Waals surface area contributed by atoms with E-state index in [9.17, 15) is 9.59 Å². The molecule has 0 fully saturated rings. The van der Waals surface area contributed by atoms with Crippen molar-refractivity contribution in [2.75, 3.05) is 26.6 Å². The van der Waals surface area contributed by atoms with Crippen molar-refractivity contribution in [1.29, 1.82) is 0 Å². The van der Waals surface area contributed by atoms with Crippen LogP contribution in [0.3, 0.4) is 0 Å². The molecule has 0 aromatic heterocycles. The summed E-state index contributed by atoms with van der Waals surface area (Å²) in [6, 6.07) is 9.79. The van der Waals surface area contributed by atoms with Crippen molar-refractivity contribution >= 4 is 17.5 Å². The molecular weight excluding hydrogens is 324 g/mol. The van der Waals surface area contributed by atoms with Crippen LogP contribution >= 0.6 is 0 Å². The maximum Gasteiger partial charge on any atom is 0.248 e. The molecule has 0 radical (unpaired) electrons. The highest BCUT2D eigenvalue weighted by Crippen LogP contribution is 2.39. The Morgan fingerprint density at radius 1 is 0.920 bits per heavy atom. The normalized spacial score (nSPS) is 10.0. The molecule has 2 aromatic carbocycles. The second-order valence-corrected chi connectivity index (χ2v) is 5.16. The summed E-state index contributed by atoms with van der Waals surface area (Å²) in [6.45, 7) is 0. The smallest absolute Gasteiger partial charge is 0.248 e. The van der Waals surface area contributed by atoms with Gasteiger partial charge in [-0.15, -0.1) is 0 Å². The Bertz CT molecular complexity index is 772. The van der Waals surface area contributed by atoms with Gasteiger partial charge in [0.25, 0.3) is 0 Å². The Hall–Kier alpha value is -3.22. The largest absolute Gasteiger partial charge is 0.493 e. The lowest BCUT2D eigenvalue weighted by Crippen LogP contribution is -2.16. The molecule has 0 spiro atoms. The van der Waals surface area contributed by atoms with Crippen LogP contribution in [0, 0.1) is 0 Å². The SMILES string of the molecule is COc1ccc(CC(=O)Nc2ccc(C(N)=O)cc2)c(OC)c1OC. The second-order valence-electron chi connectivity index (χ2n) is 5.16. The van der Waals surface area contributed by atoms with E-state index in [-0.39, 0.29) is 12.3 Å². The lowest BCUT2D eigenvalue weighted by molar-refractivity contribution is -0.115. The number of nitrogens with one attached hydrogen (secondary N) is 1. The molecule has 7 nitrogen and oxygen atoms in total. The van der Waals surface area contributed by atoms with E-state index in [1.165, 1.54) is 21.3 Å². The van der Waals surface area contributed by atoms with Crippen molar-refractivity contribution in [3.8, 4) is 17.2 Å². The van der Waals surface area contributed by atoms with E-state index in [2.05, 4.69) is 5.32 Å². The number of anilines is 1. The molecule has 0 aliphatic rings. The van der Waals surface area contributed by atoms with Gasteiger partial charge in [-0.2, -0.15) is 0 Å². The van der Waals surface area contributed by atoms with E-state index in [1.807, 2.05) is 0 Å². The second kappa shape index (κ2) is 8.05. The van der Waals surface area contributed by atoms with E-state index in [0.717, 1.165) is 0 Å². The predicted molar refractivity (Wildman–Crippen MR) is 93.4 cm³/mol. The molecule has 0 unspecified atom stereocenters. The first-order valence-corrected chi connectivity index (χ1v) is 7.47. The molecule has 7 heteroatoms. The zero-order valence-electron chi connectivity index (χ0n) is 14.3. The first-order chi connectivity index (χ1) is 12.0. The third-order valence-electron chi connectivity index (χ3n) is 3.59. The first-order valence-electron chi connectivity index (χ1n) is 7.47. The van der Waals surface area contributed by atoms with Gasteiger partial charge in [-0.05, 0) is 30.3 Å². The third-order valence-corrected chi connectivity index (χ3v) is 3.59. The quantitative estimate of drug-likeness (QED) is 0.800. The molecule has 3 N–H and O–H groups in total. The van der Waals surface area contributed by atoms with Crippen LogP contribution in [0.1, 0.15) is 15.9 Å². The maximum atomic E-state index is 12.3. The van der Waals surface area contributed by atoms with Crippen molar-refractivity contribution in [2.45, 2.75) is 6.42 Å². The van der Waals surface area contributed by atoms with Gasteiger partial charge in [0.15, 0.2) is 11.5 Å². The molecule has 0 bridgehead atoms. The van der Waals surface area contributed by atoms with Crippen LogP contribution in [0.15, 0.2) is 36.4 Å². The number of nitrogens with two attached hydrogens (primary N) is 1. The van der Waals surface area contributed by atoms with Crippen LogP contribution in [0.2, 0.25) is 0 Å². The van der Waals surface area contributed by atoms with E-state index in [4.69, 9.17) is 19.9 Å². The molecule has 0 saturated carbocycles. The Balaban J connectivity index is 2.16. The van der Waals surface area contributed by atoms with Crippen LogP contribution in [0.4, 0.5) is 5.69 Å². The maximum absolute atomic E-state index is 12.3. The molecule has 0 atom stereocenters. The third kappa shape index (κ3) is 4.20. The summed E-state index contributed by atoms with van der Waals surface area (Å²) >= 11 is 0. The van der Waals surface area contributed by atoms with Crippen molar-refractivity contribution in [2.24, 2.45) is 5.73 Å². The fourth-order valence-electron chi connectivity index (χ4n) is 2.40. The van der Waals surface area contributed by atoms with Gasteiger partial charge in [0, 0.05) is 16.8 Å². The average Bonchev–Trinajstić information content (AvgIpc) is 2.61. The first kappa shape index (κ1) is 18.1. The highest BCUT2D eigenvalue weighted by Gasteiger charge is 2.18. The number of carbonyl (C=O) groups is 2. The number of ether oxygens (including phenoxy) is 3. The van der Waals surface area contributed by atoms with Gasteiger partial charge in [-0.25, -0.2) is 0 Å². The summed E-state index contributed by atoms with van der Waals surface area (Å²) in [5, 5.41) is 2.76. The van der Waals surface area contributed by atoms with Gasteiger partial charge in [0.05, 0.1) is 27.8 Å². The summed E-state index contributed by atoms with van der Waals surface area (Å²) < 4.78 is 15.9. The Labute approximate surface area is 145 Å². The molecule has 132 valence electrons. The fourth-order valence-corrected chi connectivity index (χ4v) is 2.40. The van der Waals surface area contributed by atoms with Crippen LogP contribution in [0.25, 0.3) is 0 Å². The number of carbonyl (C=O) groups excluding carboxylic acids is 2. The van der Waals surface area contributed by atoms with Gasteiger partial charge in [-0.3, -0.25) is 9.59 Å². The molecule has 2 rings (SSSR count). The van der Waals surface area contributed by atoms with E-state index >= 15 is 0 Å². The van der Waals surface area contributed by atoms with E-state index in [1.54, 1.807) is 36.4 Å². The number of hydrogen-bond acceptors (Lipinski definition) is 5. The summed E-state index contributed by atoms with van der Waals surface area (Å²) in [7, 11) is 4.53. The van der Waals surface area contributed by atoms with Crippen molar-refractivity contribution in [1.82, 2.24) is 0 Å². The molecule has 2 amide bonds. The molecule has 0 heterocycles. The molecule has 25 heavy (non-hydrogen) atoms. The Kier molecular flexibility index (Phi) is 5.84. The molecule has 2 aromatic rings. The van der Waals surface area contributed by atoms with E-state index < -0.39 is 5.91 Å². The molecule has 0 aliphatic heterocycles. The Morgan fingerprint density at radius 2 is 1.56 bits per heavy atom. The highest BCUT2D eigenvalue weighted by atomic mass is 16.5. The molecule has 0 aliphatic carbocycles. The van der Waals surface area contributed by atoms with Crippen LogP contribution < -0.4 is 25.3 Å².